The molecule has 3 aliphatic rings. The number of carbonyl (C=O) groups is 2. The lowest BCUT2D eigenvalue weighted by atomic mass is 9.71. The van der Waals surface area contributed by atoms with Crippen LogP contribution in [0.1, 0.15) is 19.8 Å². The van der Waals surface area contributed by atoms with Crippen LogP contribution in [0.3, 0.4) is 0 Å². The highest BCUT2D eigenvalue weighted by molar-refractivity contribution is 6.05. The van der Waals surface area contributed by atoms with Gasteiger partial charge in [0.25, 0.3) is 0 Å². The molecule has 1 heterocycles. The lowest BCUT2D eigenvalue weighted by Crippen LogP contribution is -2.42. The minimum atomic E-state index is -0.837. The molecule has 5 unspecified atom stereocenters. The summed E-state index contributed by atoms with van der Waals surface area (Å²) in [5, 5.41) is 2.97. The first-order valence-electron chi connectivity index (χ1n) is 5.50. The predicted octanol–water partition coefficient (Wildman–Crippen LogP) is 0.320. The largest absolute Gasteiger partial charge is 0.468 e. The van der Waals surface area contributed by atoms with E-state index in [1.165, 1.54) is 7.11 Å². The zero-order valence-electron chi connectivity index (χ0n) is 8.95. The number of hydrogen-bond acceptors (Lipinski definition) is 3. The Kier molecular flexibility index (Phi) is 1.56. The van der Waals surface area contributed by atoms with Crippen LogP contribution in [0.15, 0.2) is 0 Å². The standard InChI is InChI=1S/C11H15NO3/c1-5-6-3-7-8(5)12-9(13)11(7,4-6)10(14)15-2/h5-8H,3-4H2,1-2H3,(H,12,13). The Labute approximate surface area is 88.4 Å². The summed E-state index contributed by atoms with van der Waals surface area (Å²) in [6, 6.07) is 0.204. The Morgan fingerprint density at radius 3 is 2.93 bits per heavy atom. The predicted molar refractivity (Wildman–Crippen MR) is 51.8 cm³/mol. The van der Waals surface area contributed by atoms with Crippen LogP contribution in [-0.2, 0) is 14.3 Å². The molecule has 1 aliphatic heterocycles. The van der Waals surface area contributed by atoms with Gasteiger partial charge in [0.2, 0.25) is 5.91 Å². The van der Waals surface area contributed by atoms with Gasteiger partial charge in [-0.1, -0.05) is 6.92 Å². The first kappa shape index (κ1) is 9.19. The number of ether oxygens (including phenoxy) is 1. The summed E-state index contributed by atoms with van der Waals surface area (Å²) in [6.07, 6.45) is 1.69. The van der Waals surface area contributed by atoms with E-state index in [1.807, 2.05) is 0 Å². The Bertz CT molecular complexity index is 354. The summed E-state index contributed by atoms with van der Waals surface area (Å²) in [4.78, 5) is 23.8. The van der Waals surface area contributed by atoms with E-state index >= 15 is 0 Å². The van der Waals surface area contributed by atoms with E-state index in [1.54, 1.807) is 0 Å². The van der Waals surface area contributed by atoms with Crippen LogP contribution in [0, 0.1) is 23.2 Å². The molecule has 2 saturated carbocycles. The molecule has 1 saturated heterocycles. The molecule has 15 heavy (non-hydrogen) atoms. The Balaban J connectivity index is 2.06. The SMILES string of the molecule is COC(=O)C12CC3CC1C(NC2=O)C3C. The number of fused-ring (bicyclic) bond motifs is 1. The van der Waals surface area contributed by atoms with Crippen molar-refractivity contribution in [3.63, 3.8) is 0 Å². The van der Waals surface area contributed by atoms with Gasteiger partial charge in [-0.2, -0.15) is 0 Å². The normalized spacial score (nSPS) is 50.7. The number of amides is 1. The number of rotatable bonds is 1. The number of carbonyl (C=O) groups excluding carboxylic acids is 2. The molecule has 0 aromatic carbocycles. The Morgan fingerprint density at radius 2 is 2.33 bits per heavy atom. The van der Waals surface area contributed by atoms with Gasteiger partial charge in [0.15, 0.2) is 5.41 Å². The van der Waals surface area contributed by atoms with Crippen molar-refractivity contribution in [2.75, 3.05) is 7.11 Å². The first-order chi connectivity index (χ1) is 7.11. The second kappa shape index (κ2) is 2.54. The van der Waals surface area contributed by atoms with Gasteiger partial charge >= 0.3 is 5.97 Å². The summed E-state index contributed by atoms with van der Waals surface area (Å²) < 4.78 is 4.81. The third-order valence-corrected chi connectivity index (χ3v) is 4.77. The molecule has 0 aromatic heterocycles. The smallest absolute Gasteiger partial charge is 0.321 e. The number of methoxy groups -OCH3 is 1. The average molecular weight is 209 g/mol. The lowest BCUT2D eigenvalue weighted by Gasteiger charge is -2.29. The van der Waals surface area contributed by atoms with Gasteiger partial charge in [0.05, 0.1) is 7.11 Å². The van der Waals surface area contributed by atoms with E-state index in [0.29, 0.717) is 18.3 Å². The molecule has 1 amide bonds. The van der Waals surface area contributed by atoms with Gasteiger partial charge < -0.3 is 10.1 Å². The monoisotopic (exact) mass is 209 g/mol. The highest BCUT2D eigenvalue weighted by Crippen LogP contribution is 2.62. The molecule has 2 aliphatic carbocycles. The molecular weight excluding hydrogens is 194 g/mol. The van der Waals surface area contributed by atoms with Crippen molar-refractivity contribution in [1.82, 2.24) is 5.32 Å². The van der Waals surface area contributed by atoms with Gasteiger partial charge in [-0.25, -0.2) is 0 Å². The molecule has 4 nitrogen and oxygen atoms in total. The van der Waals surface area contributed by atoms with Crippen LogP contribution in [0.25, 0.3) is 0 Å². The molecule has 0 aromatic rings. The van der Waals surface area contributed by atoms with E-state index in [-0.39, 0.29) is 23.8 Å². The van der Waals surface area contributed by atoms with Gasteiger partial charge in [-0.3, -0.25) is 9.59 Å². The number of esters is 1. The third-order valence-electron chi connectivity index (χ3n) is 4.77. The molecular formula is C11H15NO3. The van der Waals surface area contributed by atoms with Crippen molar-refractivity contribution in [2.24, 2.45) is 23.2 Å². The van der Waals surface area contributed by atoms with Crippen LogP contribution in [0.5, 0.6) is 0 Å². The van der Waals surface area contributed by atoms with Crippen LogP contribution >= 0.6 is 0 Å². The number of hydrogen-bond donors (Lipinski definition) is 1. The van der Waals surface area contributed by atoms with Crippen molar-refractivity contribution in [3.8, 4) is 0 Å². The summed E-state index contributed by atoms with van der Waals surface area (Å²) in [7, 11) is 1.37. The summed E-state index contributed by atoms with van der Waals surface area (Å²) >= 11 is 0. The second-order valence-electron chi connectivity index (χ2n) is 5.13. The highest BCUT2D eigenvalue weighted by Gasteiger charge is 2.71. The first-order valence-corrected chi connectivity index (χ1v) is 5.50. The Morgan fingerprint density at radius 1 is 1.60 bits per heavy atom. The molecule has 3 rings (SSSR count). The molecule has 5 atom stereocenters. The topological polar surface area (TPSA) is 55.4 Å². The van der Waals surface area contributed by atoms with Crippen LogP contribution < -0.4 is 5.32 Å². The van der Waals surface area contributed by atoms with Crippen LogP contribution in [-0.4, -0.2) is 25.0 Å². The lowest BCUT2D eigenvalue weighted by molar-refractivity contribution is -0.159. The summed E-state index contributed by atoms with van der Waals surface area (Å²) in [5.74, 6) is 0.771. The molecule has 2 bridgehead atoms. The van der Waals surface area contributed by atoms with Gasteiger partial charge in [0.1, 0.15) is 0 Å². The maximum atomic E-state index is 11.9. The van der Waals surface area contributed by atoms with Crippen molar-refractivity contribution >= 4 is 11.9 Å². The fraction of sp³-hybridized carbons (Fsp3) is 0.818. The Hall–Kier alpha value is -1.06. The zero-order valence-corrected chi connectivity index (χ0v) is 8.95. The zero-order chi connectivity index (χ0) is 10.8. The van der Waals surface area contributed by atoms with Gasteiger partial charge in [-0.05, 0) is 24.7 Å². The van der Waals surface area contributed by atoms with E-state index in [0.717, 1.165) is 6.42 Å². The highest BCUT2D eigenvalue weighted by atomic mass is 16.5. The molecule has 3 fully saturated rings. The minimum Gasteiger partial charge on any atom is -0.468 e. The van der Waals surface area contributed by atoms with Crippen LogP contribution in [0.2, 0.25) is 0 Å². The summed E-state index contributed by atoms with van der Waals surface area (Å²) in [5.41, 5.74) is -0.837. The van der Waals surface area contributed by atoms with Gasteiger partial charge in [-0.15, -0.1) is 0 Å². The molecule has 0 radical (unpaired) electrons. The minimum absolute atomic E-state index is 0.101. The molecule has 1 N–H and O–H groups in total. The van der Waals surface area contributed by atoms with E-state index in [4.69, 9.17) is 4.74 Å². The average Bonchev–Trinajstić information content (AvgIpc) is 2.80. The molecule has 4 heteroatoms. The van der Waals surface area contributed by atoms with Crippen molar-refractivity contribution in [1.29, 1.82) is 0 Å². The maximum absolute atomic E-state index is 11.9. The fourth-order valence-corrected chi connectivity index (χ4v) is 3.97. The van der Waals surface area contributed by atoms with Crippen molar-refractivity contribution < 1.29 is 14.3 Å². The number of nitrogens with one attached hydrogen (secondary N) is 1. The van der Waals surface area contributed by atoms with E-state index < -0.39 is 5.41 Å². The van der Waals surface area contributed by atoms with E-state index in [2.05, 4.69) is 12.2 Å². The van der Waals surface area contributed by atoms with Crippen molar-refractivity contribution in [3.05, 3.63) is 0 Å². The fourth-order valence-electron chi connectivity index (χ4n) is 3.97. The second-order valence-corrected chi connectivity index (χ2v) is 5.13. The van der Waals surface area contributed by atoms with Crippen molar-refractivity contribution in [2.45, 2.75) is 25.8 Å². The maximum Gasteiger partial charge on any atom is 0.321 e. The quantitative estimate of drug-likeness (QED) is 0.500. The van der Waals surface area contributed by atoms with Gasteiger partial charge in [0, 0.05) is 12.0 Å². The molecule has 82 valence electrons. The summed E-state index contributed by atoms with van der Waals surface area (Å²) in [6.45, 7) is 2.17. The van der Waals surface area contributed by atoms with Crippen LogP contribution in [0.4, 0.5) is 0 Å². The van der Waals surface area contributed by atoms with E-state index in [9.17, 15) is 9.59 Å². The third kappa shape index (κ3) is 0.802. The molecule has 0 spiro atoms.